The monoisotopic (exact) mass is 269 g/mol. The number of amides is 1. The lowest BCUT2D eigenvalue weighted by Gasteiger charge is -2.19. The van der Waals surface area contributed by atoms with Gasteiger partial charge in [0, 0.05) is 11.8 Å². The van der Waals surface area contributed by atoms with Gasteiger partial charge >= 0.3 is 0 Å². The smallest absolute Gasteiger partial charge is 0.224 e. The Morgan fingerprint density at radius 1 is 1.39 bits per heavy atom. The molecular weight excluding hydrogens is 250 g/mol. The van der Waals surface area contributed by atoms with Gasteiger partial charge in [-0.15, -0.1) is 11.6 Å². The molecule has 0 aliphatic carbocycles. The molecule has 1 N–H and O–H groups in total. The molecule has 0 heterocycles. The summed E-state index contributed by atoms with van der Waals surface area (Å²) in [5, 5.41) is 3.01. The first-order chi connectivity index (χ1) is 8.62. The lowest BCUT2D eigenvalue weighted by molar-refractivity contribution is -0.124. The van der Waals surface area contributed by atoms with Gasteiger partial charge in [-0.2, -0.15) is 0 Å². The molecule has 0 fully saturated rings. The van der Waals surface area contributed by atoms with E-state index in [1.54, 1.807) is 7.11 Å². The molecule has 0 aliphatic heterocycles. The van der Waals surface area contributed by atoms with Crippen molar-refractivity contribution in [1.82, 2.24) is 5.32 Å². The second-order valence-corrected chi connectivity index (χ2v) is 4.61. The molecule has 3 nitrogen and oxygen atoms in total. The minimum atomic E-state index is -0.168. The Morgan fingerprint density at radius 2 is 2.00 bits per heavy atom. The molecule has 18 heavy (non-hydrogen) atoms. The molecule has 0 aliphatic rings. The van der Waals surface area contributed by atoms with Crippen LogP contribution < -0.4 is 10.1 Å². The van der Waals surface area contributed by atoms with Gasteiger partial charge in [0.2, 0.25) is 5.91 Å². The van der Waals surface area contributed by atoms with Crippen molar-refractivity contribution >= 4 is 17.5 Å². The number of methoxy groups -OCH3 is 1. The van der Waals surface area contributed by atoms with Crippen molar-refractivity contribution in [1.29, 1.82) is 0 Å². The summed E-state index contributed by atoms with van der Waals surface area (Å²) in [5.74, 6) is 0.978. The Labute approximate surface area is 113 Å². The number of carbonyl (C=O) groups excluding carboxylic acids is 1. The van der Waals surface area contributed by atoms with E-state index in [9.17, 15) is 4.79 Å². The van der Waals surface area contributed by atoms with Gasteiger partial charge in [-0.3, -0.25) is 4.79 Å². The first kappa shape index (κ1) is 14.8. The fourth-order valence-corrected chi connectivity index (χ4v) is 1.78. The van der Waals surface area contributed by atoms with E-state index in [0.29, 0.717) is 5.88 Å². The summed E-state index contributed by atoms with van der Waals surface area (Å²) in [6.45, 7) is 3.86. The molecule has 0 bridgehead atoms. The molecule has 0 radical (unpaired) electrons. The van der Waals surface area contributed by atoms with Crippen molar-refractivity contribution in [2.24, 2.45) is 5.92 Å². The summed E-state index contributed by atoms with van der Waals surface area (Å²) >= 11 is 5.68. The lowest BCUT2D eigenvalue weighted by Crippen LogP contribution is -2.33. The molecule has 1 rings (SSSR count). The van der Waals surface area contributed by atoms with Crippen molar-refractivity contribution in [3.63, 3.8) is 0 Å². The van der Waals surface area contributed by atoms with Gasteiger partial charge in [-0.25, -0.2) is 0 Å². The minimum Gasteiger partial charge on any atom is -0.497 e. The summed E-state index contributed by atoms with van der Waals surface area (Å²) in [4.78, 5) is 11.8. The SMILES string of the molecule is CCC(NC(=O)C(C)CCl)c1ccc(OC)cc1. The van der Waals surface area contributed by atoms with Crippen LogP contribution in [0.15, 0.2) is 24.3 Å². The Morgan fingerprint density at radius 3 is 2.44 bits per heavy atom. The van der Waals surface area contributed by atoms with E-state index in [-0.39, 0.29) is 17.9 Å². The van der Waals surface area contributed by atoms with Crippen LogP contribution in [0.4, 0.5) is 0 Å². The molecule has 2 unspecified atom stereocenters. The first-order valence-corrected chi connectivity index (χ1v) is 6.66. The third-order valence-electron chi connectivity index (χ3n) is 2.92. The maximum atomic E-state index is 11.8. The topological polar surface area (TPSA) is 38.3 Å². The zero-order valence-electron chi connectivity index (χ0n) is 11.1. The number of benzene rings is 1. The molecule has 2 atom stereocenters. The number of hydrogen-bond acceptors (Lipinski definition) is 2. The fraction of sp³-hybridized carbons (Fsp3) is 0.500. The average Bonchev–Trinajstić information content (AvgIpc) is 2.43. The Bertz CT molecular complexity index is 378. The van der Waals surface area contributed by atoms with Crippen LogP contribution in [0.2, 0.25) is 0 Å². The Balaban J connectivity index is 2.73. The van der Waals surface area contributed by atoms with Gasteiger partial charge in [0.25, 0.3) is 0 Å². The molecule has 0 saturated heterocycles. The minimum absolute atomic E-state index is 0.00679. The van der Waals surface area contributed by atoms with E-state index in [4.69, 9.17) is 16.3 Å². The van der Waals surface area contributed by atoms with Crippen LogP contribution in [0.1, 0.15) is 31.9 Å². The zero-order chi connectivity index (χ0) is 13.5. The van der Waals surface area contributed by atoms with Crippen LogP contribution in [-0.2, 0) is 4.79 Å². The van der Waals surface area contributed by atoms with E-state index >= 15 is 0 Å². The number of ether oxygens (including phenoxy) is 1. The van der Waals surface area contributed by atoms with Crippen LogP contribution in [0, 0.1) is 5.92 Å². The third kappa shape index (κ3) is 3.91. The second-order valence-electron chi connectivity index (χ2n) is 4.30. The number of halogens is 1. The largest absolute Gasteiger partial charge is 0.497 e. The van der Waals surface area contributed by atoms with Crippen molar-refractivity contribution in [3.8, 4) is 5.75 Å². The highest BCUT2D eigenvalue weighted by molar-refractivity contribution is 6.19. The van der Waals surface area contributed by atoms with Gasteiger partial charge in [-0.1, -0.05) is 26.0 Å². The Hall–Kier alpha value is -1.22. The standard InChI is InChI=1S/C14H20ClNO2/c1-4-13(16-14(17)10(2)9-15)11-5-7-12(18-3)8-6-11/h5-8,10,13H,4,9H2,1-3H3,(H,16,17). The van der Waals surface area contributed by atoms with Gasteiger partial charge in [0.05, 0.1) is 13.2 Å². The van der Waals surface area contributed by atoms with Crippen LogP contribution in [0.5, 0.6) is 5.75 Å². The molecule has 100 valence electrons. The normalized spacial score (nSPS) is 13.8. The summed E-state index contributed by atoms with van der Waals surface area (Å²) < 4.78 is 5.11. The second kappa shape index (κ2) is 7.27. The highest BCUT2D eigenvalue weighted by Crippen LogP contribution is 2.20. The molecule has 1 aromatic rings. The van der Waals surface area contributed by atoms with Crippen LogP contribution in [0.3, 0.4) is 0 Å². The van der Waals surface area contributed by atoms with Gasteiger partial charge in [0.1, 0.15) is 5.75 Å². The van der Waals surface area contributed by atoms with Crippen LogP contribution in [-0.4, -0.2) is 18.9 Å². The predicted octanol–water partition coefficient (Wildman–Crippen LogP) is 3.14. The maximum Gasteiger partial charge on any atom is 0.224 e. The molecule has 0 saturated carbocycles. The van der Waals surface area contributed by atoms with Crippen molar-refractivity contribution in [2.45, 2.75) is 26.3 Å². The zero-order valence-corrected chi connectivity index (χ0v) is 11.8. The average molecular weight is 270 g/mol. The van der Waals surface area contributed by atoms with Crippen molar-refractivity contribution in [3.05, 3.63) is 29.8 Å². The van der Waals surface area contributed by atoms with Crippen LogP contribution in [0.25, 0.3) is 0 Å². The van der Waals surface area contributed by atoms with Gasteiger partial charge < -0.3 is 10.1 Å². The molecule has 4 heteroatoms. The summed E-state index contributed by atoms with van der Waals surface area (Å²) in [6.07, 6.45) is 0.840. The number of nitrogens with one attached hydrogen (secondary N) is 1. The number of rotatable bonds is 6. The molecule has 1 aromatic carbocycles. The number of hydrogen-bond donors (Lipinski definition) is 1. The predicted molar refractivity (Wildman–Crippen MR) is 74.1 cm³/mol. The maximum absolute atomic E-state index is 11.8. The van der Waals surface area contributed by atoms with Crippen molar-refractivity contribution in [2.75, 3.05) is 13.0 Å². The quantitative estimate of drug-likeness (QED) is 0.806. The molecule has 0 spiro atoms. The summed E-state index contributed by atoms with van der Waals surface area (Å²) in [5.41, 5.74) is 1.08. The van der Waals surface area contributed by atoms with E-state index in [1.165, 1.54) is 0 Å². The summed E-state index contributed by atoms with van der Waals surface area (Å²) in [6, 6.07) is 7.76. The number of alkyl halides is 1. The van der Waals surface area contributed by atoms with E-state index < -0.39 is 0 Å². The van der Waals surface area contributed by atoms with Crippen molar-refractivity contribution < 1.29 is 9.53 Å². The highest BCUT2D eigenvalue weighted by atomic mass is 35.5. The number of carbonyl (C=O) groups is 1. The molecular formula is C14H20ClNO2. The summed E-state index contributed by atoms with van der Waals surface area (Å²) in [7, 11) is 1.64. The molecule has 0 aromatic heterocycles. The van der Waals surface area contributed by atoms with Gasteiger partial charge in [-0.05, 0) is 24.1 Å². The third-order valence-corrected chi connectivity index (χ3v) is 3.38. The first-order valence-electron chi connectivity index (χ1n) is 6.12. The highest BCUT2D eigenvalue weighted by Gasteiger charge is 2.17. The lowest BCUT2D eigenvalue weighted by atomic mass is 10.0. The van der Waals surface area contributed by atoms with E-state index in [2.05, 4.69) is 5.32 Å². The van der Waals surface area contributed by atoms with E-state index in [0.717, 1.165) is 17.7 Å². The van der Waals surface area contributed by atoms with Gasteiger partial charge in [0.15, 0.2) is 0 Å². The van der Waals surface area contributed by atoms with Crippen LogP contribution >= 0.6 is 11.6 Å². The fourth-order valence-electron chi connectivity index (χ4n) is 1.64. The Kier molecular flexibility index (Phi) is 5.99. The molecule has 1 amide bonds. The van der Waals surface area contributed by atoms with E-state index in [1.807, 2.05) is 38.1 Å².